The van der Waals surface area contributed by atoms with Gasteiger partial charge < -0.3 is 4.57 Å². The molecule has 0 aliphatic rings. The maximum atomic E-state index is 12.3. The van der Waals surface area contributed by atoms with Crippen molar-refractivity contribution in [2.75, 3.05) is 0 Å². The van der Waals surface area contributed by atoms with Gasteiger partial charge in [0.2, 0.25) is 0 Å². The largest absolute Gasteiger partial charge is 0.342 e. The highest BCUT2D eigenvalue weighted by atomic mass is 35.5. The maximum Gasteiger partial charge on any atom is 0.271 e. The van der Waals surface area contributed by atoms with Gasteiger partial charge in [-0.2, -0.15) is 5.10 Å². The van der Waals surface area contributed by atoms with Crippen LogP contribution in [0.3, 0.4) is 0 Å². The van der Waals surface area contributed by atoms with Crippen LogP contribution in [0.5, 0.6) is 0 Å². The second-order valence-corrected chi connectivity index (χ2v) is 7.87. The van der Waals surface area contributed by atoms with Gasteiger partial charge in [-0.1, -0.05) is 65.2 Å². The molecule has 1 heterocycles. The van der Waals surface area contributed by atoms with Crippen LogP contribution in [0.4, 0.5) is 0 Å². The number of rotatable bonds is 5. The number of amides is 1. The van der Waals surface area contributed by atoms with Crippen molar-refractivity contribution in [1.82, 2.24) is 9.99 Å². The molecule has 4 aromatic rings. The number of fused-ring (bicyclic) bond motifs is 1. The third-order valence-electron chi connectivity index (χ3n) is 4.86. The fourth-order valence-corrected chi connectivity index (χ4v) is 3.74. The number of nitrogens with zero attached hydrogens (tertiary/aromatic N) is 2. The second kappa shape index (κ2) is 8.74. The number of carbonyl (C=O) groups is 1. The van der Waals surface area contributed by atoms with Gasteiger partial charge >= 0.3 is 0 Å². The van der Waals surface area contributed by atoms with E-state index in [1.54, 1.807) is 24.4 Å². The minimum absolute atomic E-state index is 0.247. The quantitative estimate of drug-likeness (QED) is 0.300. The van der Waals surface area contributed by atoms with Crippen molar-refractivity contribution in [3.8, 4) is 0 Å². The molecule has 0 aliphatic heterocycles. The summed E-state index contributed by atoms with van der Waals surface area (Å²) in [6.07, 6.45) is 3.66. The molecule has 3 aromatic carbocycles. The minimum Gasteiger partial charge on any atom is -0.342 e. The molecule has 0 fully saturated rings. The van der Waals surface area contributed by atoms with E-state index in [4.69, 9.17) is 23.2 Å². The molecule has 1 amide bonds. The van der Waals surface area contributed by atoms with Crippen LogP contribution in [-0.4, -0.2) is 16.7 Å². The summed E-state index contributed by atoms with van der Waals surface area (Å²) in [5.74, 6) is -0.247. The number of hydrogen-bond donors (Lipinski definition) is 1. The first kappa shape index (κ1) is 20.2. The van der Waals surface area contributed by atoms with Crippen LogP contribution in [0, 0.1) is 6.92 Å². The number of hydrazone groups is 1. The van der Waals surface area contributed by atoms with E-state index in [1.807, 2.05) is 61.7 Å². The van der Waals surface area contributed by atoms with Gasteiger partial charge in [0.1, 0.15) is 0 Å². The van der Waals surface area contributed by atoms with Crippen LogP contribution in [0.1, 0.15) is 27.0 Å². The molecular weight excluding hydrogens is 417 g/mol. The lowest BCUT2D eigenvalue weighted by Crippen LogP contribution is -2.17. The van der Waals surface area contributed by atoms with E-state index in [-0.39, 0.29) is 5.91 Å². The van der Waals surface area contributed by atoms with Crippen molar-refractivity contribution in [3.63, 3.8) is 0 Å². The first-order chi connectivity index (χ1) is 14.5. The van der Waals surface area contributed by atoms with Gasteiger partial charge in [-0.05, 0) is 42.8 Å². The number of aromatic nitrogens is 1. The average molecular weight is 436 g/mol. The highest BCUT2D eigenvalue weighted by molar-refractivity contribution is 6.35. The zero-order valence-corrected chi connectivity index (χ0v) is 17.8. The van der Waals surface area contributed by atoms with Crippen LogP contribution < -0.4 is 5.43 Å². The monoisotopic (exact) mass is 435 g/mol. The lowest BCUT2D eigenvalue weighted by molar-refractivity contribution is 0.0955. The topological polar surface area (TPSA) is 46.4 Å². The van der Waals surface area contributed by atoms with Crippen molar-refractivity contribution >= 4 is 46.2 Å². The summed E-state index contributed by atoms with van der Waals surface area (Å²) in [5, 5.41) is 6.43. The molecule has 1 aromatic heterocycles. The summed E-state index contributed by atoms with van der Waals surface area (Å²) in [6.45, 7) is 2.58. The molecule has 0 radical (unpaired) electrons. The van der Waals surface area contributed by atoms with E-state index in [2.05, 4.69) is 15.1 Å². The van der Waals surface area contributed by atoms with Crippen LogP contribution in [-0.2, 0) is 6.54 Å². The molecule has 0 unspecified atom stereocenters. The summed E-state index contributed by atoms with van der Waals surface area (Å²) in [7, 11) is 0. The number of halogens is 2. The molecule has 4 nitrogen and oxygen atoms in total. The van der Waals surface area contributed by atoms with Gasteiger partial charge in [0.15, 0.2) is 0 Å². The molecule has 0 spiro atoms. The Morgan fingerprint density at radius 3 is 2.60 bits per heavy atom. The van der Waals surface area contributed by atoms with Gasteiger partial charge in [-0.3, -0.25) is 4.79 Å². The lowest BCUT2D eigenvalue weighted by Gasteiger charge is -2.08. The summed E-state index contributed by atoms with van der Waals surface area (Å²) in [5.41, 5.74) is 7.18. The van der Waals surface area contributed by atoms with Gasteiger partial charge in [0, 0.05) is 44.8 Å². The Kier molecular flexibility index (Phi) is 5.88. The lowest BCUT2D eigenvalue weighted by atomic mass is 10.1. The van der Waals surface area contributed by atoms with Crippen LogP contribution in [0.2, 0.25) is 10.0 Å². The smallest absolute Gasteiger partial charge is 0.271 e. The molecule has 0 atom stereocenters. The van der Waals surface area contributed by atoms with Gasteiger partial charge in [-0.25, -0.2) is 5.43 Å². The number of carbonyl (C=O) groups excluding carboxylic acids is 1. The molecule has 30 heavy (non-hydrogen) atoms. The predicted molar refractivity (Wildman–Crippen MR) is 124 cm³/mol. The summed E-state index contributed by atoms with van der Waals surface area (Å²) >= 11 is 12.4. The Hall–Kier alpha value is -3.08. The number of hydrogen-bond acceptors (Lipinski definition) is 2. The SMILES string of the molecule is Cc1ccc(C(=O)N/N=C/c2cn(Cc3ccc(Cl)cc3Cl)c3ccccc23)cc1. The number of aryl methyl sites for hydroxylation is 1. The molecule has 0 saturated heterocycles. The fraction of sp³-hybridized carbons (Fsp3) is 0.0833. The Labute approximate surface area is 184 Å². The first-order valence-electron chi connectivity index (χ1n) is 9.43. The van der Waals surface area contributed by atoms with Crippen molar-refractivity contribution < 1.29 is 4.79 Å². The molecule has 6 heteroatoms. The molecule has 150 valence electrons. The van der Waals surface area contributed by atoms with Gasteiger partial charge in [-0.15, -0.1) is 0 Å². The summed E-state index contributed by atoms with van der Waals surface area (Å²) in [4.78, 5) is 12.3. The van der Waals surface area contributed by atoms with Crippen molar-refractivity contribution in [1.29, 1.82) is 0 Å². The highest BCUT2D eigenvalue weighted by Gasteiger charge is 2.10. The third-order valence-corrected chi connectivity index (χ3v) is 5.45. The third kappa shape index (κ3) is 4.40. The summed E-state index contributed by atoms with van der Waals surface area (Å²) < 4.78 is 2.10. The van der Waals surface area contributed by atoms with Crippen LogP contribution in [0.25, 0.3) is 10.9 Å². The predicted octanol–water partition coefficient (Wildman–Crippen LogP) is 6.07. The summed E-state index contributed by atoms with van der Waals surface area (Å²) in [6, 6.07) is 20.9. The van der Waals surface area contributed by atoms with Crippen molar-refractivity contribution in [2.45, 2.75) is 13.5 Å². The number of para-hydroxylation sites is 1. The standard InChI is InChI=1S/C24H19Cl2N3O/c1-16-6-8-17(9-7-16)24(30)28-27-13-19-15-29(23-5-3-2-4-21(19)23)14-18-10-11-20(25)12-22(18)26/h2-13,15H,14H2,1H3,(H,28,30)/b27-13+. The highest BCUT2D eigenvalue weighted by Crippen LogP contribution is 2.25. The van der Waals surface area contributed by atoms with Crippen LogP contribution in [0.15, 0.2) is 78.0 Å². The Balaban J connectivity index is 1.58. The Morgan fingerprint density at radius 1 is 1.07 bits per heavy atom. The van der Waals surface area contributed by atoms with Crippen molar-refractivity contribution in [3.05, 3.63) is 105 Å². The normalized spacial score (nSPS) is 11.3. The minimum atomic E-state index is -0.247. The molecule has 4 rings (SSSR count). The van der Waals surface area contributed by atoms with Crippen LogP contribution >= 0.6 is 23.2 Å². The molecule has 0 saturated carbocycles. The Morgan fingerprint density at radius 2 is 1.83 bits per heavy atom. The second-order valence-electron chi connectivity index (χ2n) is 7.03. The van der Waals surface area contributed by atoms with E-state index in [9.17, 15) is 4.79 Å². The number of benzene rings is 3. The van der Waals surface area contributed by atoms with Gasteiger partial charge in [0.25, 0.3) is 5.91 Å². The molecule has 0 bridgehead atoms. The molecule has 1 N–H and O–H groups in total. The maximum absolute atomic E-state index is 12.3. The Bertz CT molecular complexity index is 1240. The van der Waals surface area contributed by atoms with E-state index in [1.165, 1.54) is 0 Å². The van der Waals surface area contributed by atoms with E-state index in [0.717, 1.165) is 27.6 Å². The number of nitrogens with one attached hydrogen (secondary N) is 1. The van der Waals surface area contributed by atoms with Gasteiger partial charge in [0.05, 0.1) is 6.21 Å². The van der Waals surface area contributed by atoms with E-state index < -0.39 is 0 Å². The van der Waals surface area contributed by atoms with E-state index >= 15 is 0 Å². The zero-order valence-electron chi connectivity index (χ0n) is 16.3. The zero-order chi connectivity index (χ0) is 21.1. The van der Waals surface area contributed by atoms with Crippen molar-refractivity contribution in [2.24, 2.45) is 5.10 Å². The average Bonchev–Trinajstić information content (AvgIpc) is 3.08. The first-order valence-corrected chi connectivity index (χ1v) is 10.2. The fourth-order valence-electron chi connectivity index (χ4n) is 3.27. The van der Waals surface area contributed by atoms with E-state index in [0.29, 0.717) is 22.2 Å². The molecular formula is C24H19Cl2N3O. The molecule has 0 aliphatic carbocycles.